The molecule has 0 unspecified atom stereocenters. The van der Waals surface area contributed by atoms with E-state index in [9.17, 15) is 4.79 Å². The zero-order valence-corrected chi connectivity index (χ0v) is 16.8. The Morgan fingerprint density at radius 2 is 1.75 bits per heavy atom. The summed E-state index contributed by atoms with van der Waals surface area (Å²) in [6.45, 7) is 6.07. The van der Waals surface area contributed by atoms with E-state index in [1.165, 1.54) is 30.9 Å². The molecule has 28 heavy (non-hydrogen) atoms. The van der Waals surface area contributed by atoms with Crippen molar-refractivity contribution in [3.8, 4) is 0 Å². The van der Waals surface area contributed by atoms with Gasteiger partial charge in [0.15, 0.2) is 5.96 Å². The number of guanidine groups is 1. The van der Waals surface area contributed by atoms with Crippen LogP contribution in [0, 0.1) is 0 Å². The van der Waals surface area contributed by atoms with E-state index in [0.29, 0.717) is 0 Å². The molecule has 2 aromatic carbocycles. The van der Waals surface area contributed by atoms with Crippen LogP contribution in [0.25, 0.3) is 0 Å². The van der Waals surface area contributed by atoms with Crippen LogP contribution in [0.3, 0.4) is 0 Å². The molecule has 5 heteroatoms. The second kappa shape index (κ2) is 9.40. The fraction of sp³-hybridized carbons (Fsp3) is 0.391. The van der Waals surface area contributed by atoms with Crippen molar-refractivity contribution in [1.82, 2.24) is 10.6 Å². The number of nitrogens with one attached hydrogen (secondary N) is 3. The summed E-state index contributed by atoms with van der Waals surface area (Å²) in [4.78, 5) is 15.9. The molecule has 0 spiro atoms. The van der Waals surface area contributed by atoms with Gasteiger partial charge in [-0.2, -0.15) is 0 Å². The van der Waals surface area contributed by atoms with Crippen LogP contribution < -0.4 is 16.0 Å². The molecule has 0 aliphatic heterocycles. The smallest absolute Gasteiger partial charge is 0.221 e. The van der Waals surface area contributed by atoms with Crippen molar-refractivity contribution in [2.45, 2.75) is 38.5 Å². The Morgan fingerprint density at radius 3 is 2.36 bits per heavy atom. The van der Waals surface area contributed by atoms with Crippen LogP contribution in [0.15, 0.2) is 59.6 Å². The maximum absolute atomic E-state index is 11.1. The zero-order valence-electron chi connectivity index (χ0n) is 16.8. The summed E-state index contributed by atoms with van der Waals surface area (Å²) in [5.74, 6) is 0.824. The predicted octanol–water partition coefficient (Wildman–Crippen LogP) is 3.47. The largest absolute Gasteiger partial charge is 0.357 e. The standard InChI is InChI=1S/C23H30N4O/c1-3-24-22(26-17-23(14-15-23)20-7-5-4-6-8-20)25-16-13-19-9-11-21(12-10-19)27-18(2)28/h4-12H,3,13-17H2,1-2H3,(H,27,28)(H2,24,25,26). The Hall–Kier alpha value is -2.82. The Morgan fingerprint density at radius 1 is 1.04 bits per heavy atom. The third-order valence-electron chi connectivity index (χ3n) is 5.10. The Labute approximate surface area is 167 Å². The van der Waals surface area contributed by atoms with Gasteiger partial charge in [-0.25, -0.2) is 0 Å². The molecule has 0 radical (unpaired) electrons. The first-order valence-corrected chi connectivity index (χ1v) is 10.1. The second-order valence-corrected chi connectivity index (χ2v) is 7.40. The molecule has 0 bridgehead atoms. The number of nitrogens with zero attached hydrogens (tertiary/aromatic N) is 1. The SMILES string of the molecule is CCNC(=NCC1(c2ccccc2)CC1)NCCc1ccc(NC(C)=O)cc1. The fourth-order valence-electron chi connectivity index (χ4n) is 3.34. The van der Waals surface area contributed by atoms with Crippen molar-refractivity contribution in [2.24, 2.45) is 4.99 Å². The maximum atomic E-state index is 11.1. The maximum Gasteiger partial charge on any atom is 0.221 e. The number of rotatable bonds is 8. The monoisotopic (exact) mass is 378 g/mol. The molecule has 3 N–H and O–H groups in total. The molecule has 0 aromatic heterocycles. The van der Waals surface area contributed by atoms with Crippen LogP contribution in [0.4, 0.5) is 5.69 Å². The molecule has 2 aromatic rings. The fourth-order valence-corrected chi connectivity index (χ4v) is 3.34. The van der Waals surface area contributed by atoms with Gasteiger partial charge in [0.25, 0.3) is 0 Å². The number of hydrogen-bond acceptors (Lipinski definition) is 2. The Balaban J connectivity index is 1.52. The second-order valence-electron chi connectivity index (χ2n) is 7.40. The number of hydrogen-bond donors (Lipinski definition) is 3. The minimum absolute atomic E-state index is 0.0511. The van der Waals surface area contributed by atoms with E-state index in [0.717, 1.165) is 37.7 Å². The number of benzene rings is 2. The summed E-state index contributed by atoms with van der Waals surface area (Å²) in [7, 11) is 0. The van der Waals surface area contributed by atoms with Crippen LogP contribution in [0.2, 0.25) is 0 Å². The van der Waals surface area contributed by atoms with Gasteiger partial charge in [0.2, 0.25) is 5.91 Å². The molecule has 1 aliphatic carbocycles. The van der Waals surface area contributed by atoms with Crippen LogP contribution in [0.5, 0.6) is 0 Å². The Bertz CT molecular complexity index is 795. The van der Waals surface area contributed by atoms with Gasteiger partial charge < -0.3 is 16.0 Å². The molecule has 0 saturated heterocycles. The highest BCUT2D eigenvalue weighted by Gasteiger charge is 2.43. The van der Waals surface area contributed by atoms with Gasteiger partial charge in [0, 0.05) is 31.1 Å². The van der Waals surface area contributed by atoms with Crippen LogP contribution in [-0.2, 0) is 16.6 Å². The van der Waals surface area contributed by atoms with E-state index in [-0.39, 0.29) is 11.3 Å². The molecule has 1 saturated carbocycles. The number of carbonyl (C=O) groups excluding carboxylic acids is 1. The van der Waals surface area contributed by atoms with Gasteiger partial charge in [-0.15, -0.1) is 0 Å². The number of carbonyl (C=O) groups is 1. The van der Waals surface area contributed by atoms with Gasteiger partial charge in [0.05, 0.1) is 6.54 Å². The van der Waals surface area contributed by atoms with Crippen molar-refractivity contribution >= 4 is 17.6 Å². The highest BCUT2D eigenvalue weighted by atomic mass is 16.1. The van der Waals surface area contributed by atoms with E-state index < -0.39 is 0 Å². The summed E-state index contributed by atoms with van der Waals surface area (Å²) < 4.78 is 0. The van der Waals surface area contributed by atoms with Gasteiger partial charge >= 0.3 is 0 Å². The van der Waals surface area contributed by atoms with Crippen molar-refractivity contribution in [3.05, 3.63) is 65.7 Å². The molecule has 0 heterocycles. The van der Waals surface area contributed by atoms with E-state index >= 15 is 0 Å². The molecule has 1 amide bonds. The van der Waals surface area contributed by atoms with E-state index in [1.807, 2.05) is 24.3 Å². The van der Waals surface area contributed by atoms with Crippen LogP contribution >= 0.6 is 0 Å². The van der Waals surface area contributed by atoms with Gasteiger partial charge in [0.1, 0.15) is 0 Å². The van der Waals surface area contributed by atoms with Crippen molar-refractivity contribution in [3.63, 3.8) is 0 Å². The molecule has 148 valence electrons. The zero-order chi connectivity index (χ0) is 19.8. The molecule has 0 atom stereocenters. The van der Waals surface area contributed by atoms with Gasteiger partial charge in [-0.3, -0.25) is 9.79 Å². The first-order chi connectivity index (χ1) is 13.6. The summed E-state index contributed by atoms with van der Waals surface area (Å²) in [6, 6.07) is 18.7. The average molecular weight is 379 g/mol. The highest BCUT2D eigenvalue weighted by molar-refractivity contribution is 5.88. The van der Waals surface area contributed by atoms with E-state index in [4.69, 9.17) is 4.99 Å². The van der Waals surface area contributed by atoms with Gasteiger partial charge in [-0.05, 0) is 49.4 Å². The van der Waals surface area contributed by atoms with E-state index in [2.05, 4.69) is 53.2 Å². The lowest BCUT2D eigenvalue weighted by Crippen LogP contribution is -2.39. The van der Waals surface area contributed by atoms with Crippen molar-refractivity contribution in [2.75, 3.05) is 25.0 Å². The lowest BCUT2D eigenvalue weighted by molar-refractivity contribution is -0.114. The summed E-state index contributed by atoms with van der Waals surface area (Å²) in [6.07, 6.45) is 3.32. The van der Waals surface area contributed by atoms with Gasteiger partial charge in [-0.1, -0.05) is 42.5 Å². The summed E-state index contributed by atoms with van der Waals surface area (Å²) in [5.41, 5.74) is 3.67. The third-order valence-corrected chi connectivity index (χ3v) is 5.10. The topological polar surface area (TPSA) is 65.5 Å². The molecule has 1 fully saturated rings. The third kappa shape index (κ3) is 5.59. The molecular formula is C23H30N4O. The number of anilines is 1. The molecule has 3 rings (SSSR count). The molecule has 1 aliphatic rings. The molecule has 5 nitrogen and oxygen atoms in total. The normalized spacial score (nSPS) is 15.0. The minimum Gasteiger partial charge on any atom is -0.357 e. The minimum atomic E-state index is -0.0511. The summed E-state index contributed by atoms with van der Waals surface area (Å²) in [5, 5.41) is 9.57. The van der Waals surface area contributed by atoms with Crippen LogP contribution in [-0.4, -0.2) is 31.5 Å². The molecular weight excluding hydrogens is 348 g/mol. The number of aliphatic imine (C=N–C) groups is 1. The lowest BCUT2D eigenvalue weighted by Gasteiger charge is -2.16. The van der Waals surface area contributed by atoms with E-state index in [1.54, 1.807) is 0 Å². The van der Waals surface area contributed by atoms with Crippen LogP contribution in [0.1, 0.15) is 37.8 Å². The quantitative estimate of drug-likeness (QED) is 0.487. The van der Waals surface area contributed by atoms with Crippen molar-refractivity contribution < 1.29 is 4.79 Å². The predicted molar refractivity (Wildman–Crippen MR) is 116 cm³/mol. The number of amides is 1. The first-order valence-electron chi connectivity index (χ1n) is 10.1. The lowest BCUT2D eigenvalue weighted by atomic mass is 9.96. The Kier molecular flexibility index (Phi) is 6.69. The average Bonchev–Trinajstić information content (AvgIpc) is 3.49. The first kappa shape index (κ1) is 19.9. The summed E-state index contributed by atoms with van der Waals surface area (Å²) >= 11 is 0. The van der Waals surface area contributed by atoms with Crippen molar-refractivity contribution in [1.29, 1.82) is 0 Å². The highest BCUT2D eigenvalue weighted by Crippen LogP contribution is 2.48.